The molecule has 122 valence electrons. The van der Waals surface area contributed by atoms with E-state index in [0.29, 0.717) is 13.2 Å². The molecule has 0 saturated carbocycles. The van der Waals surface area contributed by atoms with Crippen molar-refractivity contribution in [3.05, 3.63) is 0 Å². The average molecular weight is 302 g/mol. The lowest BCUT2D eigenvalue weighted by Gasteiger charge is -2.26. The molecule has 0 N–H and O–H groups in total. The van der Waals surface area contributed by atoms with E-state index in [9.17, 15) is 0 Å². The quantitative estimate of drug-likeness (QED) is 0.775. The van der Waals surface area contributed by atoms with E-state index in [1.165, 1.54) is 0 Å². The predicted octanol–water partition coefficient (Wildman–Crippen LogP) is 1.81. The maximum Gasteiger partial charge on any atom is 0.164 e. The minimum absolute atomic E-state index is 0.168. The Labute approximate surface area is 126 Å². The maximum atomic E-state index is 6.06. The molecule has 3 rings (SSSR count). The predicted molar refractivity (Wildman–Crippen MR) is 73.6 cm³/mol. The van der Waals surface area contributed by atoms with E-state index < -0.39 is 17.4 Å². The topological polar surface area (TPSA) is 55.4 Å². The normalized spacial score (nSPS) is 44.3. The molecule has 0 spiro atoms. The molecule has 4 atom stereocenters. The average Bonchev–Trinajstić information content (AvgIpc) is 2.94. The van der Waals surface area contributed by atoms with Gasteiger partial charge in [0, 0.05) is 0 Å². The largest absolute Gasteiger partial charge is 0.348 e. The third kappa shape index (κ3) is 3.25. The lowest BCUT2D eigenvalue weighted by Crippen LogP contribution is -2.45. The highest BCUT2D eigenvalue weighted by Gasteiger charge is 2.54. The summed E-state index contributed by atoms with van der Waals surface area (Å²) >= 11 is 0. The Morgan fingerprint density at radius 3 is 1.24 bits per heavy atom. The van der Waals surface area contributed by atoms with Crippen molar-refractivity contribution >= 4 is 0 Å². The number of rotatable bonds is 2. The Balaban J connectivity index is 1.75. The first kappa shape index (κ1) is 15.6. The van der Waals surface area contributed by atoms with E-state index in [1.54, 1.807) is 0 Å². The van der Waals surface area contributed by atoms with Gasteiger partial charge in [-0.05, 0) is 41.5 Å². The smallest absolute Gasteiger partial charge is 0.164 e. The lowest BCUT2D eigenvalue weighted by atomic mass is 10.0. The second kappa shape index (κ2) is 4.88. The van der Waals surface area contributed by atoms with Gasteiger partial charge in [-0.3, -0.25) is 0 Å². The van der Waals surface area contributed by atoms with Crippen molar-refractivity contribution < 1.29 is 28.4 Å². The molecule has 6 nitrogen and oxygen atoms in total. The highest BCUT2D eigenvalue weighted by atomic mass is 16.8. The lowest BCUT2D eigenvalue weighted by molar-refractivity contribution is -0.178. The van der Waals surface area contributed by atoms with Crippen LogP contribution in [-0.2, 0) is 28.4 Å². The molecular weight excluding hydrogens is 276 g/mol. The first-order chi connectivity index (χ1) is 9.57. The third-order valence-corrected chi connectivity index (χ3v) is 3.96. The molecule has 0 radical (unpaired) electrons. The first-order valence-corrected chi connectivity index (χ1v) is 7.56. The summed E-state index contributed by atoms with van der Waals surface area (Å²) in [4.78, 5) is 0. The Bertz CT molecular complexity index is 369. The Morgan fingerprint density at radius 1 is 0.571 bits per heavy atom. The maximum absolute atomic E-state index is 6.06. The van der Waals surface area contributed by atoms with Gasteiger partial charge >= 0.3 is 0 Å². The van der Waals surface area contributed by atoms with Crippen molar-refractivity contribution in [3.8, 4) is 0 Å². The van der Waals surface area contributed by atoms with Gasteiger partial charge in [0.05, 0.1) is 13.2 Å². The second-order valence-corrected chi connectivity index (χ2v) is 7.30. The van der Waals surface area contributed by atoms with Crippen LogP contribution in [0.4, 0.5) is 0 Å². The van der Waals surface area contributed by atoms with Gasteiger partial charge in [-0.15, -0.1) is 0 Å². The van der Waals surface area contributed by atoms with E-state index in [1.807, 2.05) is 41.5 Å². The van der Waals surface area contributed by atoms with E-state index in [2.05, 4.69) is 0 Å². The molecule has 0 aromatic heterocycles. The summed E-state index contributed by atoms with van der Waals surface area (Å²) in [7, 11) is 0. The van der Waals surface area contributed by atoms with Crippen molar-refractivity contribution in [2.24, 2.45) is 0 Å². The molecule has 0 unspecified atom stereocenters. The zero-order chi connectivity index (χ0) is 15.5. The van der Waals surface area contributed by atoms with Crippen LogP contribution >= 0.6 is 0 Å². The standard InChI is InChI=1S/C15H26O6/c1-13(2)16-7-9(18-13)11-12(21-15(5,6)20-11)10-8-17-14(3,4)19-10/h9-12H,7-8H2,1-6H3/t9-,10-,11+,12+/m0/s1. The van der Waals surface area contributed by atoms with Crippen molar-refractivity contribution in [3.63, 3.8) is 0 Å². The fourth-order valence-electron chi connectivity index (χ4n) is 3.15. The molecule has 0 bridgehead atoms. The van der Waals surface area contributed by atoms with E-state index in [4.69, 9.17) is 28.4 Å². The third-order valence-electron chi connectivity index (χ3n) is 3.96. The Kier molecular flexibility index (Phi) is 3.63. The molecule has 3 fully saturated rings. The molecule has 0 amide bonds. The van der Waals surface area contributed by atoms with Crippen molar-refractivity contribution in [2.75, 3.05) is 13.2 Å². The number of hydrogen-bond donors (Lipinski definition) is 0. The Morgan fingerprint density at radius 2 is 0.952 bits per heavy atom. The summed E-state index contributed by atoms with van der Waals surface area (Å²) < 4.78 is 35.3. The zero-order valence-electron chi connectivity index (χ0n) is 13.7. The first-order valence-electron chi connectivity index (χ1n) is 7.56. The van der Waals surface area contributed by atoms with Crippen LogP contribution in [-0.4, -0.2) is 55.0 Å². The molecule has 6 heteroatoms. The summed E-state index contributed by atoms with van der Waals surface area (Å²) in [5.74, 6) is -1.84. The van der Waals surface area contributed by atoms with Crippen LogP contribution in [0.15, 0.2) is 0 Å². The van der Waals surface area contributed by atoms with Crippen molar-refractivity contribution in [1.29, 1.82) is 0 Å². The summed E-state index contributed by atoms with van der Waals surface area (Å²) in [6.07, 6.45) is -0.799. The van der Waals surface area contributed by atoms with Gasteiger partial charge in [-0.1, -0.05) is 0 Å². The van der Waals surface area contributed by atoms with Crippen molar-refractivity contribution in [2.45, 2.75) is 83.3 Å². The number of ether oxygens (including phenoxy) is 6. The van der Waals surface area contributed by atoms with E-state index >= 15 is 0 Å². The monoisotopic (exact) mass is 302 g/mol. The molecule has 21 heavy (non-hydrogen) atoms. The van der Waals surface area contributed by atoms with Crippen LogP contribution in [0.25, 0.3) is 0 Å². The van der Waals surface area contributed by atoms with Crippen LogP contribution in [0.3, 0.4) is 0 Å². The Hall–Kier alpha value is -0.240. The summed E-state index contributed by atoms with van der Waals surface area (Å²) in [6, 6.07) is 0. The van der Waals surface area contributed by atoms with Crippen LogP contribution < -0.4 is 0 Å². The summed E-state index contributed by atoms with van der Waals surface area (Å²) in [5.41, 5.74) is 0. The molecule has 0 aromatic carbocycles. The molecule has 3 aliphatic heterocycles. The minimum Gasteiger partial charge on any atom is -0.348 e. The zero-order valence-corrected chi connectivity index (χ0v) is 13.7. The minimum atomic E-state index is -0.665. The summed E-state index contributed by atoms with van der Waals surface area (Å²) in [5, 5.41) is 0. The van der Waals surface area contributed by atoms with Gasteiger partial charge in [0.15, 0.2) is 17.4 Å². The molecule has 3 heterocycles. The number of hydrogen-bond acceptors (Lipinski definition) is 6. The van der Waals surface area contributed by atoms with Gasteiger partial charge in [0.25, 0.3) is 0 Å². The highest BCUT2D eigenvalue weighted by Crippen LogP contribution is 2.39. The summed E-state index contributed by atoms with van der Waals surface area (Å²) in [6.45, 7) is 12.4. The highest BCUT2D eigenvalue weighted by molar-refractivity contribution is 4.96. The van der Waals surface area contributed by atoms with E-state index in [-0.39, 0.29) is 24.4 Å². The van der Waals surface area contributed by atoms with Gasteiger partial charge < -0.3 is 28.4 Å². The van der Waals surface area contributed by atoms with Gasteiger partial charge in [-0.2, -0.15) is 0 Å². The second-order valence-electron chi connectivity index (χ2n) is 7.30. The fourth-order valence-corrected chi connectivity index (χ4v) is 3.15. The van der Waals surface area contributed by atoms with Gasteiger partial charge in [-0.25, -0.2) is 0 Å². The van der Waals surface area contributed by atoms with Crippen LogP contribution in [0.2, 0.25) is 0 Å². The van der Waals surface area contributed by atoms with Crippen molar-refractivity contribution in [1.82, 2.24) is 0 Å². The SMILES string of the molecule is CC1(C)O[C@H]([C@@H]2COC(C)(C)O2)[C@@H]([C@@H]2COC(C)(C)O2)O1. The van der Waals surface area contributed by atoms with Gasteiger partial charge in [0.1, 0.15) is 24.4 Å². The molecule has 0 aliphatic carbocycles. The molecule has 0 aromatic rings. The van der Waals surface area contributed by atoms with Crippen LogP contribution in [0, 0.1) is 0 Å². The molecular formula is C15H26O6. The van der Waals surface area contributed by atoms with Crippen LogP contribution in [0.1, 0.15) is 41.5 Å². The molecule has 3 aliphatic rings. The van der Waals surface area contributed by atoms with Crippen LogP contribution in [0.5, 0.6) is 0 Å². The van der Waals surface area contributed by atoms with Gasteiger partial charge in [0.2, 0.25) is 0 Å². The fraction of sp³-hybridized carbons (Fsp3) is 1.00. The van der Waals surface area contributed by atoms with E-state index in [0.717, 1.165) is 0 Å². The molecule has 3 saturated heterocycles.